The molecule has 1 amide bonds. The number of pyridine rings is 1. The van der Waals surface area contributed by atoms with Crippen molar-refractivity contribution in [1.29, 1.82) is 0 Å². The number of amides is 1. The van der Waals surface area contributed by atoms with Crippen LogP contribution < -0.4 is 5.32 Å². The van der Waals surface area contributed by atoms with Gasteiger partial charge in [0.1, 0.15) is 12.0 Å². The SMILES string of the molecule is CC(=O)Nc1cc2c(-c3cc(C)nc(C(C)(F)F)n3)cn(C3CC(F)C3)c2cn1. The van der Waals surface area contributed by atoms with Crippen LogP contribution in [-0.4, -0.2) is 31.6 Å². The fraction of sp³-hybridized carbons (Fsp3) is 0.400. The van der Waals surface area contributed by atoms with Crippen LogP contribution >= 0.6 is 0 Å². The van der Waals surface area contributed by atoms with Crippen molar-refractivity contribution in [2.24, 2.45) is 0 Å². The predicted molar refractivity (Wildman–Crippen MR) is 103 cm³/mol. The Morgan fingerprint density at radius 3 is 2.62 bits per heavy atom. The fourth-order valence-corrected chi connectivity index (χ4v) is 3.55. The van der Waals surface area contributed by atoms with Gasteiger partial charge in [0.15, 0.2) is 5.82 Å². The molecule has 0 saturated heterocycles. The topological polar surface area (TPSA) is 72.7 Å². The fourth-order valence-electron chi connectivity index (χ4n) is 3.55. The molecule has 0 aromatic carbocycles. The van der Waals surface area contributed by atoms with E-state index in [4.69, 9.17) is 0 Å². The van der Waals surface area contributed by atoms with Crippen molar-refractivity contribution in [1.82, 2.24) is 19.5 Å². The number of hydrogen-bond acceptors (Lipinski definition) is 4. The molecule has 29 heavy (non-hydrogen) atoms. The second-order valence-corrected chi connectivity index (χ2v) is 7.55. The number of halogens is 3. The number of hydrogen-bond donors (Lipinski definition) is 1. The molecular formula is C20H20F3N5O. The van der Waals surface area contributed by atoms with Gasteiger partial charge in [-0.25, -0.2) is 19.3 Å². The lowest BCUT2D eigenvalue weighted by atomic mass is 9.90. The van der Waals surface area contributed by atoms with Gasteiger partial charge in [-0.3, -0.25) is 4.79 Å². The molecule has 0 unspecified atom stereocenters. The van der Waals surface area contributed by atoms with E-state index < -0.39 is 17.9 Å². The summed E-state index contributed by atoms with van der Waals surface area (Å²) in [5.41, 5.74) is 2.09. The van der Waals surface area contributed by atoms with Crippen LogP contribution in [0.2, 0.25) is 0 Å². The summed E-state index contributed by atoms with van der Waals surface area (Å²) in [5.74, 6) is -3.68. The highest BCUT2D eigenvalue weighted by Crippen LogP contribution is 2.41. The average Bonchev–Trinajstić information content (AvgIpc) is 2.95. The largest absolute Gasteiger partial charge is 0.342 e. The van der Waals surface area contributed by atoms with Gasteiger partial charge in [0, 0.05) is 42.7 Å². The van der Waals surface area contributed by atoms with Crippen molar-refractivity contribution in [3.63, 3.8) is 0 Å². The molecule has 9 heteroatoms. The van der Waals surface area contributed by atoms with Crippen LogP contribution in [-0.2, 0) is 10.7 Å². The van der Waals surface area contributed by atoms with Gasteiger partial charge in [0.2, 0.25) is 5.91 Å². The van der Waals surface area contributed by atoms with E-state index in [1.807, 2.05) is 4.57 Å². The molecule has 0 radical (unpaired) electrons. The molecule has 1 aliphatic carbocycles. The van der Waals surface area contributed by atoms with E-state index in [2.05, 4.69) is 20.3 Å². The number of aromatic nitrogens is 4. The first-order valence-corrected chi connectivity index (χ1v) is 9.28. The molecule has 3 aromatic heterocycles. The van der Waals surface area contributed by atoms with Crippen molar-refractivity contribution in [3.8, 4) is 11.3 Å². The highest BCUT2D eigenvalue weighted by molar-refractivity contribution is 5.98. The number of carbonyl (C=O) groups excluding carboxylic acids is 1. The van der Waals surface area contributed by atoms with Crippen LogP contribution in [0.1, 0.15) is 44.2 Å². The molecule has 3 heterocycles. The molecule has 0 bridgehead atoms. The molecule has 3 aromatic rings. The van der Waals surface area contributed by atoms with E-state index in [-0.39, 0.29) is 11.9 Å². The van der Waals surface area contributed by atoms with Crippen molar-refractivity contribution < 1.29 is 18.0 Å². The summed E-state index contributed by atoms with van der Waals surface area (Å²) in [6.07, 6.45) is 3.31. The van der Waals surface area contributed by atoms with Crippen LogP contribution in [0, 0.1) is 6.92 Å². The van der Waals surface area contributed by atoms with E-state index in [0.717, 1.165) is 12.4 Å². The third kappa shape index (κ3) is 3.68. The first-order chi connectivity index (χ1) is 13.6. The van der Waals surface area contributed by atoms with E-state index in [1.165, 1.54) is 6.92 Å². The summed E-state index contributed by atoms with van der Waals surface area (Å²) in [6.45, 7) is 3.75. The number of nitrogens with one attached hydrogen (secondary N) is 1. The first-order valence-electron chi connectivity index (χ1n) is 9.28. The second-order valence-electron chi connectivity index (χ2n) is 7.55. The Labute approximate surface area is 165 Å². The van der Waals surface area contributed by atoms with Crippen molar-refractivity contribution in [2.45, 2.75) is 51.7 Å². The maximum absolute atomic E-state index is 13.9. The minimum absolute atomic E-state index is 0.0373. The third-order valence-corrected chi connectivity index (χ3v) is 5.00. The Bertz CT molecular complexity index is 1100. The normalized spacial score (nSPS) is 19.2. The predicted octanol–water partition coefficient (Wildman–Crippen LogP) is 4.54. The number of fused-ring (bicyclic) bond motifs is 1. The quantitative estimate of drug-likeness (QED) is 0.694. The highest BCUT2D eigenvalue weighted by Gasteiger charge is 2.33. The molecular weight excluding hydrogens is 383 g/mol. The summed E-state index contributed by atoms with van der Waals surface area (Å²) >= 11 is 0. The summed E-state index contributed by atoms with van der Waals surface area (Å²) in [6, 6.07) is 3.27. The smallest absolute Gasteiger partial charge is 0.303 e. The molecule has 1 saturated carbocycles. The van der Waals surface area contributed by atoms with Crippen LogP contribution in [0.25, 0.3) is 22.2 Å². The van der Waals surface area contributed by atoms with Gasteiger partial charge in [-0.15, -0.1) is 0 Å². The van der Waals surface area contributed by atoms with Gasteiger partial charge in [-0.2, -0.15) is 8.78 Å². The monoisotopic (exact) mass is 403 g/mol. The number of aryl methyl sites for hydroxylation is 1. The zero-order valence-electron chi connectivity index (χ0n) is 16.2. The molecule has 6 nitrogen and oxygen atoms in total. The Balaban J connectivity index is 1.91. The summed E-state index contributed by atoms with van der Waals surface area (Å²) in [7, 11) is 0. The first kappa shape index (κ1) is 19.4. The Hall–Kier alpha value is -2.97. The molecule has 1 N–H and O–H groups in total. The number of rotatable bonds is 4. The zero-order valence-corrected chi connectivity index (χ0v) is 16.2. The Morgan fingerprint density at radius 2 is 2.00 bits per heavy atom. The molecule has 1 fully saturated rings. The summed E-state index contributed by atoms with van der Waals surface area (Å²) < 4.78 is 43.1. The number of nitrogens with zero attached hydrogens (tertiary/aromatic N) is 4. The van der Waals surface area contributed by atoms with E-state index in [9.17, 15) is 18.0 Å². The molecule has 0 aliphatic heterocycles. The lowest BCUT2D eigenvalue weighted by Gasteiger charge is -2.31. The number of carbonyl (C=O) groups is 1. The molecule has 4 rings (SSSR count). The average molecular weight is 403 g/mol. The minimum Gasteiger partial charge on any atom is -0.342 e. The van der Waals surface area contributed by atoms with E-state index in [0.29, 0.717) is 41.0 Å². The van der Waals surface area contributed by atoms with Crippen LogP contribution in [0.15, 0.2) is 24.5 Å². The Kier molecular flexibility index (Phi) is 4.55. The van der Waals surface area contributed by atoms with Crippen LogP contribution in [0.3, 0.4) is 0 Å². The second kappa shape index (κ2) is 6.82. The van der Waals surface area contributed by atoms with Gasteiger partial charge in [0.25, 0.3) is 0 Å². The summed E-state index contributed by atoms with van der Waals surface area (Å²) in [5, 5.41) is 3.31. The highest BCUT2D eigenvalue weighted by atomic mass is 19.3. The third-order valence-electron chi connectivity index (χ3n) is 5.00. The Morgan fingerprint density at radius 1 is 1.28 bits per heavy atom. The minimum atomic E-state index is -3.18. The van der Waals surface area contributed by atoms with Gasteiger partial charge >= 0.3 is 5.92 Å². The van der Waals surface area contributed by atoms with E-state index >= 15 is 0 Å². The van der Waals surface area contributed by atoms with Gasteiger partial charge in [-0.1, -0.05) is 0 Å². The van der Waals surface area contributed by atoms with Crippen molar-refractivity contribution >= 4 is 22.6 Å². The molecule has 152 valence electrons. The van der Waals surface area contributed by atoms with E-state index in [1.54, 1.807) is 31.5 Å². The maximum Gasteiger partial charge on any atom is 0.303 e. The molecule has 1 aliphatic rings. The standard InChI is InChI=1S/C20H20F3N5O/c1-10-4-16(27-19(25-10)20(3,22)23)15-9-28(13-5-12(21)6-13)17-8-24-18(7-14(15)17)26-11(2)29/h4,7-9,12-13H,5-6H2,1-3H3,(H,24,26,29). The van der Waals surface area contributed by atoms with Crippen molar-refractivity contribution in [3.05, 3.63) is 36.0 Å². The molecule has 0 atom stereocenters. The van der Waals surface area contributed by atoms with Gasteiger partial charge in [0.05, 0.1) is 17.4 Å². The van der Waals surface area contributed by atoms with Crippen LogP contribution in [0.5, 0.6) is 0 Å². The number of alkyl halides is 3. The van der Waals surface area contributed by atoms with Crippen molar-refractivity contribution in [2.75, 3.05) is 5.32 Å². The molecule has 0 spiro atoms. The van der Waals surface area contributed by atoms with Crippen LogP contribution in [0.4, 0.5) is 19.0 Å². The lowest BCUT2D eigenvalue weighted by Crippen LogP contribution is -2.27. The van der Waals surface area contributed by atoms with Gasteiger partial charge < -0.3 is 9.88 Å². The lowest BCUT2D eigenvalue weighted by molar-refractivity contribution is -0.114. The zero-order chi connectivity index (χ0) is 20.9. The maximum atomic E-state index is 13.9. The number of anilines is 1. The van der Waals surface area contributed by atoms with Gasteiger partial charge in [-0.05, 0) is 31.9 Å². The summed E-state index contributed by atoms with van der Waals surface area (Å²) in [4.78, 5) is 23.6.